The van der Waals surface area contributed by atoms with Crippen LogP contribution < -0.4 is 10.3 Å². The largest absolute Gasteiger partial charge is 0.508 e. The van der Waals surface area contributed by atoms with Gasteiger partial charge < -0.3 is 24.3 Å². The van der Waals surface area contributed by atoms with Crippen molar-refractivity contribution < 1.29 is 24.5 Å². The number of esters is 1. The lowest BCUT2D eigenvalue weighted by atomic mass is 9.88. The van der Waals surface area contributed by atoms with Crippen molar-refractivity contribution in [1.82, 2.24) is 4.57 Å². The van der Waals surface area contributed by atoms with E-state index >= 15 is 0 Å². The number of carbonyl (C=O) groups is 1. The monoisotopic (exact) mass is 409 g/mol. The summed E-state index contributed by atoms with van der Waals surface area (Å²) in [6, 6.07) is 8.26. The molecule has 0 aliphatic carbocycles. The van der Waals surface area contributed by atoms with E-state index in [0.717, 1.165) is 35.3 Å². The molecule has 0 bridgehead atoms. The van der Waals surface area contributed by atoms with Crippen molar-refractivity contribution in [3.63, 3.8) is 0 Å². The van der Waals surface area contributed by atoms with Crippen LogP contribution in [0.2, 0.25) is 0 Å². The maximum absolute atomic E-state index is 13.0. The van der Waals surface area contributed by atoms with Crippen LogP contribution in [-0.4, -0.2) is 34.5 Å². The van der Waals surface area contributed by atoms with Gasteiger partial charge in [-0.05, 0) is 66.1 Å². The highest BCUT2D eigenvalue weighted by atomic mass is 16.5. The van der Waals surface area contributed by atoms with Gasteiger partial charge in [-0.1, -0.05) is 6.07 Å². The molecule has 3 aromatic rings. The minimum Gasteiger partial charge on any atom is -0.508 e. The number of benzene rings is 2. The Labute approximate surface area is 173 Å². The van der Waals surface area contributed by atoms with Gasteiger partial charge in [-0.3, -0.25) is 4.79 Å². The zero-order valence-electron chi connectivity index (χ0n) is 17.1. The van der Waals surface area contributed by atoms with Crippen LogP contribution in [-0.2, 0) is 23.0 Å². The molecule has 1 aliphatic rings. The van der Waals surface area contributed by atoms with Crippen molar-refractivity contribution in [2.24, 2.45) is 7.05 Å². The maximum Gasteiger partial charge on any atom is 0.340 e. The number of hydrogen-bond acceptors (Lipinski definition) is 6. The van der Waals surface area contributed by atoms with Gasteiger partial charge in [0.2, 0.25) is 0 Å². The van der Waals surface area contributed by atoms with Gasteiger partial charge in [-0.25, -0.2) is 4.79 Å². The molecule has 1 atom stereocenters. The van der Waals surface area contributed by atoms with Crippen LogP contribution in [0.15, 0.2) is 35.1 Å². The zero-order chi connectivity index (χ0) is 21.6. The Hall–Kier alpha value is -3.32. The zero-order valence-corrected chi connectivity index (χ0v) is 17.1. The minimum atomic E-state index is -1.65. The highest BCUT2D eigenvalue weighted by molar-refractivity contribution is 6.00. The summed E-state index contributed by atoms with van der Waals surface area (Å²) < 4.78 is 11.7. The third-order valence-corrected chi connectivity index (χ3v) is 5.76. The van der Waals surface area contributed by atoms with E-state index in [0.29, 0.717) is 22.9 Å². The van der Waals surface area contributed by atoms with Gasteiger partial charge in [-0.2, -0.15) is 0 Å². The van der Waals surface area contributed by atoms with Crippen LogP contribution in [0.25, 0.3) is 21.9 Å². The summed E-state index contributed by atoms with van der Waals surface area (Å²) in [5.41, 5.74) is 3.07. The molecule has 2 aromatic carbocycles. The summed E-state index contributed by atoms with van der Waals surface area (Å²) in [6.07, 6.45) is 0.109. The van der Waals surface area contributed by atoms with E-state index in [1.54, 1.807) is 6.07 Å². The van der Waals surface area contributed by atoms with Crippen molar-refractivity contribution >= 4 is 16.7 Å². The van der Waals surface area contributed by atoms with Gasteiger partial charge in [0, 0.05) is 12.6 Å². The van der Waals surface area contributed by atoms with Crippen molar-refractivity contribution in [3.8, 4) is 22.6 Å². The molecule has 30 heavy (non-hydrogen) atoms. The molecule has 0 radical (unpaired) electrons. The average molecular weight is 409 g/mol. The predicted molar refractivity (Wildman–Crippen MR) is 112 cm³/mol. The third kappa shape index (κ3) is 3.02. The predicted octanol–water partition coefficient (Wildman–Crippen LogP) is 2.75. The molecular weight excluding hydrogens is 386 g/mol. The molecule has 7 heteroatoms. The number of aromatic hydroxyl groups is 1. The molecule has 0 saturated heterocycles. The van der Waals surface area contributed by atoms with Crippen molar-refractivity contribution in [2.75, 3.05) is 13.7 Å². The number of aromatic nitrogens is 1. The number of pyridine rings is 1. The first-order chi connectivity index (χ1) is 14.3. The molecule has 7 nitrogen and oxygen atoms in total. The second-order valence-electron chi connectivity index (χ2n) is 7.45. The standard InChI is InChI=1S/C23H23NO6/c1-12-14-5-4-10-30-18(14)9-8-15(12)19-16-7-6-13(25)11-17(16)22(27)24(2)20(19)21(26)23(28)29-3/h6-9,11,21,25-26H,4-5,10H2,1-3H3. The summed E-state index contributed by atoms with van der Waals surface area (Å²) in [6.45, 7) is 2.63. The van der Waals surface area contributed by atoms with E-state index in [4.69, 9.17) is 9.47 Å². The summed E-state index contributed by atoms with van der Waals surface area (Å²) in [5, 5.41) is 21.5. The lowest BCUT2D eigenvalue weighted by Crippen LogP contribution is -2.27. The van der Waals surface area contributed by atoms with Crippen molar-refractivity contribution in [2.45, 2.75) is 25.9 Å². The number of ether oxygens (including phenoxy) is 2. The lowest BCUT2D eigenvalue weighted by Gasteiger charge is -2.25. The number of hydrogen-bond donors (Lipinski definition) is 2. The second-order valence-corrected chi connectivity index (χ2v) is 7.45. The van der Waals surface area contributed by atoms with Crippen LogP contribution in [0, 0.1) is 6.92 Å². The van der Waals surface area contributed by atoms with E-state index in [1.807, 2.05) is 19.1 Å². The highest BCUT2D eigenvalue weighted by Gasteiger charge is 2.29. The molecule has 2 heterocycles. The topological polar surface area (TPSA) is 98.0 Å². The minimum absolute atomic E-state index is 0.0395. The fraction of sp³-hybridized carbons (Fsp3) is 0.304. The summed E-state index contributed by atoms with van der Waals surface area (Å²) in [7, 11) is 2.68. The Morgan fingerprint density at radius 3 is 2.73 bits per heavy atom. The van der Waals surface area contributed by atoms with Gasteiger partial charge in [0.05, 0.1) is 24.8 Å². The number of carbonyl (C=O) groups excluding carboxylic acids is 1. The molecule has 1 aromatic heterocycles. The smallest absolute Gasteiger partial charge is 0.340 e. The van der Waals surface area contributed by atoms with E-state index in [1.165, 1.54) is 30.9 Å². The molecular formula is C23H23NO6. The molecule has 4 rings (SSSR count). The van der Waals surface area contributed by atoms with Crippen LogP contribution >= 0.6 is 0 Å². The number of phenolic OH excluding ortho intramolecular Hbond substituents is 1. The fourth-order valence-electron chi connectivity index (χ4n) is 4.23. The Morgan fingerprint density at radius 1 is 1.23 bits per heavy atom. The summed E-state index contributed by atoms with van der Waals surface area (Å²) >= 11 is 0. The Morgan fingerprint density at radius 2 is 2.00 bits per heavy atom. The third-order valence-electron chi connectivity index (χ3n) is 5.76. The molecule has 0 spiro atoms. The van der Waals surface area contributed by atoms with E-state index in [9.17, 15) is 19.8 Å². The number of fused-ring (bicyclic) bond motifs is 2. The van der Waals surface area contributed by atoms with Gasteiger partial charge in [0.25, 0.3) is 5.56 Å². The van der Waals surface area contributed by atoms with Crippen LogP contribution in [0.1, 0.15) is 29.3 Å². The molecule has 1 unspecified atom stereocenters. The van der Waals surface area contributed by atoms with Gasteiger partial charge >= 0.3 is 5.97 Å². The Bertz CT molecular complexity index is 1230. The molecule has 0 amide bonds. The molecule has 0 fully saturated rings. The number of aliphatic hydroxyl groups excluding tert-OH is 1. The number of phenols is 1. The maximum atomic E-state index is 13.0. The number of aliphatic hydroxyl groups is 1. The van der Waals surface area contributed by atoms with E-state index in [-0.39, 0.29) is 11.4 Å². The van der Waals surface area contributed by atoms with Gasteiger partial charge in [0.1, 0.15) is 11.5 Å². The van der Waals surface area contributed by atoms with Crippen molar-refractivity contribution in [1.29, 1.82) is 0 Å². The lowest BCUT2D eigenvalue weighted by molar-refractivity contribution is -0.151. The van der Waals surface area contributed by atoms with Crippen LogP contribution in [0.3, 0.4) is 0 Å². The molecule has 0 saturated carbocycles. The van der Waals surface area contributed by atoms with Crippen LogP contribution in [0.4, 0.5) is 0 Å². The van der Waals surface area contributed by atoms with Gasteiger partial charge in [0.15, 0.2) is 6.10 Å². The average Bonchev–Trinajstić information content (AvgIpc) is 2.76. The SMILES string of the molecule is COC(=O)C(O)c1c(-c2ccc3c(c2C)CCCO3)c2ccc(O)cc2c(=O)n1C. The number of methoxy groups -OCH3 is 1. The van der Waals surface area contributed by atoms with Crippen LogP contribution in [0.5, 0.6) is 11.5 Å². The van der Waals surface area contributed by atoms with Gasteiger partial charge in [-0.15, -0.1) is 0 Å². The first kappa shape index (κ1) is 20.0. The normalized spacial score (nSPS) is 14.1. The van der Waals surface area contributed by atoms with Crippen molar-refractivity contribution in [3.05, 3.63) is 57.5 Å². The molecule has 156 valence electrons. The highest BCUT2D eigenvalue weighted by Crippen LogP contribution is 2.40. The number of rotatable bonds is 3. The second kappa shape index (κ2) is 7.50. The van der Waals surface area contributed by atoms with E-state index < -0.39 is 17.6 Å². The summed E-state index contributed by atoms with van der Waals surface area (Å²) in [4.78, 5) is 25.2. The first-order valence-corrected chi connectivity index (χ1v) is 9.72. The first-order valence-electron chi connectivity index (χ1n) is 9.72. The van der Waals surface area contributed by atoms with E-state index in [2.05, 4.69) is 0 Å². The Balaban J connectivity index is 2.14. The summed E-state index contributed by atoms with van der Waals surface area (Å²) in [5.74, 6) is -0.0740. The Kier molecular flexibility index (Phi) is 4.99. The quantitative estimate of drug-likeness (QED) is 0.646. The number of nitrogens with zero attached hydrogens (tertiary/aromatic N) is 1. The molecule has 1 aliphatic heterocycles. The fourth-order valence-corrected chi connectivity index (χ4v) is 4.23. The molecule has 2 N–H and O–H groups in total.